The molecule has 0 aliphatic carbocycles. The molecule has 0 saturated heterocycles. The molecule has 0 spiro atoms. The van der Waals surface area contributed by atoms with Crippen LogP contribution in [0.5, 0.6) is 0 Å². The molecule has 3 nitrogen and oxygen atoms in total. The third-order valence-electron chi connectivity index (χ3n) is 8.44. The number of hydrogen-bond donors (Lipinski definition) is 0. The number of anilines is 4. The van der Waals surface area contributed by atoms with Gasteiger partial charge in [-0.2, -0.15) is 0 Å². The fourth-order valence-corrected chi connectivity index (χ4v) is 6.36. The van der Waals surface area contributed by atoms with Crippen molar-refractivity contribution in [2.24, 2.45) is 5.41 Å². The van der Waals surface area contributed by atoms with Gasteiger partial charge in [0.15, 0.2) is 5.82 Å². The zero-order chi connectivity index (χ0) is 29.7. The highest BCUT2D eigenvalue weighted by Crippen LogP contribution is 2.56. The smallest absolute Gasteiger partial charge is 0.158 e. The third-order valence-corrected chi connectivity index (χ3v) is 8.44. The molecule has 3 aromatic rings. The van der Waals surface area contributed by atoms with Gasteiger partial charge in [-0.3, -0.25) is 0 Å². The Morgan fingerprint density at radius 2 is 1.07 bits per heavy atom. The summed E-state index contributed by atoms with van der Waals surface area (Å²) in [7, 11) is 0. The van der Waals surface area contributed by atoms with Gasteiger partial charge in [0.1, 0.15) is 6.17 Å². The Morgan fingerprint density at radius 3 is 1.50 bits per heavy atom. The first-order chi connectivity index (χ1) is 18.7. The molecule has 1 aromatic heterocycles. The van der Waals surface area contributed by atoms with Crippen LogP contribution in [0.25, 0.3) is 0 Å². The Morgan fingerprint density at radius 1 is 0.600 bits per heavy atom. The van der Waals surface area contributed by atoms with Crippen LogP contribution in [0.4, 0.5) is 22.9 Å². The molecule has 0 N–H and O–H groups in total. The van der Waals surface area contributed by atoms with E-state index < -0.39 is 0 Å². The second-order valence-corrected chi connectivity index (χ2v) is 14.4. The van der Waals surface area contributed by atoms with E-state index in [-0.39, 0.29) is 11.6 Å². The average molecular weight is 540 g/mol. The third kappa shape index (κ3) is 5.29. The van der Waals surface area contributed by atoms with Gasteiger partial charge in [-0.1, -0.05) is 120 Å². The summed E-state index contributed by atoms with van der Waals surface area (Å²) in [6.45, 7) is 30.5. The van der Waals surface area contributed by atoms with Gasteiger partial charge in [0.25, 0.3) is 0 Å². The Bertz CT molecular complexity index is 1280. The Kier molecular flexibility index (Phi) is 8.46. The molecule has 0 radical (unpaired) electrons. The number of para-hydroxylation sites is 1. The van der Waals surface area contributed by atoms with Crippen LogP contribution in [0.2, 0.25) is 0 Å². The van der Waals surface area contributed by atoms with Crippen molar-refractivity contribution in [1.82, 2.24) is 4.98 Å². The molecule has 0 amide bonds. The standard InChI is InChI=1S/C37H53N3/c1-22(2)27-20-30(25(7)8)34(31(21-27)26(9)10)39-32-18-15-19-38-35(32)40(36(39)37(11,12)13)33-28(23(3)4)16-14-17-29(33)24(5)6/h14-26,36H,1-13H3. The van der Waals surface area contributed by atoms with Crippen LogP contribution < -0.4 is 9.80 Å². The first-order valence-electron chi connectivity index (χ1n) is 15.5. The monoisotopic (exact) mass is 539 g/mol. The summed E-state index contributed by atoms with van der Waals surface area (Å²) < 4.78 is 0. The van der Waals surface area contributed by atoms with E-state index in [1.807, 2.05) is 6.20 Å². The van der Waals surface area contributed by atoms with Crippen molar-refractivity contribution in [3.05, 3.63) is 76.5 Å². The van der Waals surface area contributed by atoms with Gasteiger partial charge in [-0.25, -0.2) is 4.98 Å². The summed E-state index contributed by atoms with van der Waals surface area (Å²) in [6.07, 6.45) is 2.03. The van der Waals surface area contributed by atoms with Gasteiger partial charge >= 0.3 is 0 Å². The van der Waals surface area contributed by atoms with Gasteiger partial charge in [0.05, 0.1) is 17.1 Å². The van der Waals surface area contributed by atoms with Crippen LogP contribution in [-0.4, -0.2) is 11.1 Å². The van der Waals surface area contributed by atoms with E-state index in [4.69, 9.17) is 4.98 Å². The normalized spacial score (nSPS) is 15.9. The van der Waals surface area contributed by atoms with Crippen LogP contribution in [0.3, 0.4) is 0 Å². The molecule has 40 heavy (non-hydrogen) atoms. The lowest BCUT2D eigenvalue weighted by atomic mass is 9.84. The van der Waals surface area contributed by atoms with Crippen molar-refractivity contribution < 1.29 is 0 Å². The fraction of sp³-hybridized carbons (Fsp3) is 0.541. The molecule has 0 fully saturated rings. The van der Waals surface area contributed by atoms with E-state index in [1.54, 1.807) is 0 Å². The lowest BCUT2D eigenvalue weighted by Gasteiger charge is -2.44. The molecule has 0 saturated carbocycles. The topological polar surface area (TPSA) is 19.4 Å². The first-order valence-corrected chi connectivity index (χ1v) is 15.5. The van der Waals surface area contributed by atoms with Crippen LogP contribution in [0.1, 0.15) is 147 Å². The molecule has 4 rings (SSSR count). The number of rotatable bonds is 7. The molecule has 1 aliphatic rings. The maximum Gasteiger partial charge on any atom is 0.158 e. The van der Waals surface area contributed by atoms with Crippen LogP contribution in [-0.2, 0) is 0 Å². The van der Waals surface area contributed by atoms with E-state index in [2.05, 4.69) is 142 Å². The summed E-state index contributed by atoms with van der Waals surface area (Å²) in [5, 5.41) is 0. The van der Waals surface area contributed by atoms with Gasteiger partial charge in [-0.15, -0.1) is 0 Å². The van der Waals surface area contributed by atoms with Crippen molar-refractivity contribution in [1.29, 1.82) is 0 Å². The summed E-state index contributed by atoms with van der Waals surface area (Å²) in [4.78, 5) is 10.4. The predicted molar refractivity (Wildman–Crippen MR) is 175 cm³/mol. The Balaban J connectivity index is 2.15. The van der Waals surface area contributed by atoms with Gasteiger partial charge in [0, 0.05) is 11.6 Å². The minimum atomic E-state index is -0.0712. The summed E-state index contributed by atoms with van der Waals surface area (Å²) in [5.41, 5.74) is 10.9. The average Bonchev–Trinajstić information content (AvgIpc) is 3.22. The number of pyridine rings is 1. The van der Waals surface area contributed by atoms with Crippen molar-refractivity contribution in [2.45, 2.75) is 126 Å². The van der Waals surface area contributed by atoms with Gasteiger partial charge < -0.3 is 9.80 Å². The lowest BCUT2D eigenvalue weighted by molar-refractivity contribution is 0.328. The molecule has 0 bridgehead atoms. The van der Waals surface area contributed by atoms with Crippen LogP contribution in [0, 0.1) is 5.41 Å². The minimum Gasteiger partial charge on any atom is -0.316 e. The maximum atomic E-state index is 5.14. The van der Waals surface area contributed by atoms with Gasteiger partial charge in [-0.05, 0) is 69.5 Å². The van der Waals surface area contributed by atoms with Crippen LogP contribution >= 0.6 is 0 Å². The highest BCUT2D eigenvalue weighted by molar-refractivity contribution is 5.90. The maximum absolute atomic E-state index is 5.14. The molecular weight excluding hydrogens is 486 g/mol. The second-order valence-electron chi connectivity index (χ2n) is 14.4. The highest BCUT2D eigenvalue weighted by Gasteiger charge is 2.48. The molecule has 3 heteroatoms. The van der Waals surface area contributed by atoms with E-state index >= 15 is 0 Å². The number of aromatic nitrogens is 1. The fourth-order valence-electron chi connectivity index (χ4n) is 6.36. The molecule has 2 heterocycles. The van der Waals surface area contributed by atoms with E-state index in [0.29, 0.717) is 29.6 Å². The largest absolute Gasteiger partial charge is 0.316 e. The van der Waals surface area contributed by atoms with Crippen molar-refractivity contribution in [2.75, 3.05) is 9.80 Å². The van der Waals surface area contributed by atoms with Gasteiger partial charge in [0.2, 0.25) is 0 Å². The molecule has 1 atom stereocenters. The second kappa shape index (κ2) is 11.2. The number of nitrogens with zero attached hydrogens (tertiary/aromatic N) is 3. The minimum absolute atomic E-state index is 0.0645. The first kappa shape index (κ1) is 30.2. The summed E-state index contributed by atoms with van der Waals surface area (Å²) in [6, 6.07) is 16.3. The summed E-state index contributed by atoms with van der Waals surface area (Å²) >= 11 is 0. The number of hydrogen-bond acceptors (Lipinski definition) is 3. The SMILES string of the molecule is CC(C)c1cc(C(C)C)c(N2c3cccnc3N(c3c(C(C)C)cccc3C(C)C)C2C(C)(C)C)c(C(C)C)c1. The molecular formula is C37H53N3. The zero-order valence-electron chi connectivity index (χ0n) is 27.4. The van der Waals surface area contributed by atoms with E-state index in [9.17, 15) is 0 Å². The quantitative estimate of drug-likeness (QED) is 0.298. The number of benzene rings is 2. The zero-order valence-corrected chi connectivity index (χ0v) is 27.4. The van der Waals surface area contributed by atoms with E-state index in [0.717, 1.165) is 5.82 Å². The molecule has 1 unspecified atom stereocenters. The molecule has 216 valence electrons. The van der Waals surface area contributed by atoms with E-state index in [1.165, 1.54) is 44.9 Å². The van der Waals surface area contributed by atoms with Crippen molar-refractivity contribution in [3.63, 3.8) is 0 Å². The molecule has 2 aromatic carbocycles. The Hall–Kier alpha value is -2.81. The van der Waals surface area contributed by atoms with Crippen LogP contribution in [0.15, 0.2) is 48.7 Å². The van der Waals surface area contributed by atoms with Crippen molar-refractivity contribution in [3.8, 4) is 0 Å². The summed E-state index contributed by atoms with van der Waals surface area (Å²) in [5.74, 6) is 3.15. The number of fused-ring (bicyclic) bond motifs is 1. The predicted octanol–water partition coefficient (Wildman–Crippen LogP) is 11.4. The lowest BCUT2D eigenvalue weighted by Crippen LogP contribution is -2.49. The Labute approximate surface area is 245 Å². The molecule has 1 aliphatic heterocycles. The highest BCUT2D eigenvalue weighted by atomic mass is 15.5. The van der Waals surface area contributed by atoms with Crippen molar-refractivity contribution >= 4 is 22.9 Å².